The number of ether oxygens (including phenoxy) is 1. The van der Waals surface area contributed by atoms with Gasteiger partial charge >= 0.3 is 0 Å². The van der Waals surface area contributed by atoms with E-state index in [2.05, 4.69) is 32.0 Å². The molecular formula is C12H17NOS. The normalized spacial score (nSPS) is 10.4. The summed E-state index contributed by atoms with van der Waals surface area (Å²) in [6, 6.07) is 6.23. The molecule has 0 saturated carbocycles. The van der Waals surface area contributed by atoms with E-state index in [0.29, 0.717) is 17.5 Å². The number of nitrogens with two attached hydrogens (primary N) is 1. The first-order chi connectivity index (χ1) is 7.00. The topological polar surface area (TPSA) is 35.2 Å². The minimum absolute atomic E-state index is 0.303. The Morgan fingerprint density at radius 3 is 2.67 bits per heavy atom. The Kier molecular flexibility index (Phi) is 4.09. The van der Waals surface area contributed by atoms with Gasteiger partial charge in [-0.2, -0.15) is 0 Å². The fourth-order valence-electron chi connectivity index (χ4n) is 1.28. The first kappa shape index (κ1) is 12.0. The van der Waals surface area contributed by atoms with E-state index in [1.54, 1.807) is 0 Å². The molecule has 0 aromatic heterocycles. The van der Waals surface area contributed by atoms with Gasteiger partial charge in [-0.15, -0.1) is 0 Å². The second-order valence-electron chi connectivity index (χ2n) is 3.93. The lowest BCUT2D eigenvalue weighted by Crippen LogP contribution is -2.18. The third-order valence-electron chi connectivity index (χ3n) is 2.25. The minimum atomic E-state index is 0.303. The second kappa shape index (κ2) is 5.12. The summed E-state index contributed by atoms with van der Waals surface area (Å²) in [4.78, 5) is 0.379. The lowest BCUT2D eigenvalue weighted by atomic mass is 10.0. The van der Waals surface area contributed by atoms with E-state index in [1.807, 2.05) is 6.92 Å². The van der Waals surface area contributed by atoms with Crippen molar-refractivity contribution in [2.75, 3.05) is 6.61 Å². The van der Waals surface area contributed by atoms with Crippen molar-refractivity contribution in [3.8, 4) is 5.75 Å². The van der Waals surface area contributed by atoms with Crippen molar-refractivity contribution in [1.82, 2.24) is 0 Å². The molecule has 0 saturated heterocycles. The average molecular weight is 223 g/mol. The molecule has 15 heavy (non-hydrogen) atoms. The van der Waals surface area contributed by atoms with Gasteiger partial charge in [-0.3, -0.25) is 0 Å². The van der Waals surface area contributed by atoms with Crippen LogP contribution in [0.1, 0.15) is 30.9 Å². The molecule has 0 amide bonds. The maximum absolute atomic E-state index is 5.52. The standard InChI is InChI=1S/C12H17NOS/c1-8(2)10-5-4-9(3)11(6-10)14-7-12(13)15/h4-6,8H,7H2,1-3H3,(H2,13,15). The molecule has 1 rings (SSSR count). The van der Waals surface area contributed by atoms with Crippen LogP contribution in [0.15, 0.2) is 18.2 Å². The molecule has 1 aromatic carbocycles. The number of hydrogen-bond acceptors (Lipinski definition) is 2. The first-order valence-electron chi connectivity index (χ1n) is 5.02. The number of thiocarbonyl (C=S) groups is 1. The fourth-order valence-corrected chi connectivity index (χ4v) is 1.34. The molecule has 0 aliphatic carbocycles. The summed E-state index contributed by atoms with van der Waals surface area (Å²) in [5.41, 5.74) is 7.76. The van der Waals surface area contributed by atoms with Crippen molar-refractivity contribution in [2.45, 2.75) is 26.7 Å². The molecule has 3 heteroatoms. The van der Waals surface area contributed by atoms with Crippen LogP contribution in [-0.2, 0) is 0 Å². The van der Waals surface area contributed by atoms with Gasteiger partial charge in [-0.25, -0.2) is 0 Å². The minimum Gasteiger partial charge on any atom is -0.486 e. The van der Waals surface area contributed by atoms with Crippen LogP contribution >= 0.6 is 12.2 Å². The van der Waals surface area contributed by atoms with Crippen molar-refractivity contribution >= 4 is 17.2 Å². The number of hydrogen-bond donors (Lipinski definition) is 1. The van der Waals surface area contributed by atoms with Gasteiger partial charge in [0.05, 0.1) is 0 Å². The van der Waals surface area contributed by atoms with Crippen molar-refractivity contribution in [1.29, 1.82) is 0 Å². The molecule has 0 aliphatic heterocycles. The predicted molar refractivity (Wildman–Crippen MR) is 67.5 cm³/mol. The number of aryl methyl sites for hydroxylation is 1. The zero-order chi connectivity index (χ0) is 11.4. The molecule has 82 valence electrons. The molecule has 0 heterocycles. The van der Waals surface area contributed by atoms with E-state index in [1.165, 1.54) is 5.56 Å². The van der Waals surface area contributed by atoms with Gasteiger partial charge in [-0.1, -0.05) is 38.2 Å². The maximum atomic E-state index is 5.52. The van der Waals surface area contributed by atoms with Gasteiger partial charge in [0.1, 0.15) is 17.3 Å². The van der Waals surface area contributed by atoms with Gasteiger partial charge in [-0.05, 0) is 30.0 Å². The second-order valence-corrected chi connectivity index (χ2v) is 4.46. The van der Waals surface area contributed by atoms with Crippen molar-refractivity contribution in [3.63, 3.8) is 0 Å². The van der Waals surface area contributed by atoms with E-state index in [9.17, 15) is 0 Å². The van der Waals surface area contributed by atoms with Crippen LogP contribution in [0.2, 0.25) is 0 Å². The highest BCUT2D eigenvalue weighted by Crippen LogP contribution is 2.24. The predicted octanol–water partition coefficient (Wildman–Crippen LogP) is 2.78. The molecule has 0 fully saturated rings. The monoisotopic (exact) mass is 223 g/mol. The summed E-state index contributed by atoms with van der Waals surface area (Å²) < 4.78 is 5.52. The molecule has 0 aliphatic rings. The van der Waals surface area contributed by atoms with Gasteiger partial charge in [0.25, 0.3) is 0 Å². The van der Waals surface area contributed by atoms with Gasteiger partial charge in [0.15, 0.2) is 0 Å². The Morgan fingerprint density at radius 1 is 1.47 bits per heavy atom. The Bertz CT molecular complexity index is 361. The number of rotatable bonds is 4. The zero-order valence-corrected chi connectivity index (χ0v) is 10.2. The molecule has 0 atom stereocenters. The highest BCUT2D eigenvalue weighted by Gasteiger charge is 2.04. The Hall–Kier alpha value is -1.09. The summed E-state index contributed by atoms with van der Waals surface area (Å²) in [7, 11) is 0. The van der Waals surface area contributed by atoms with Gasteiger partial charge in [0.2, 0.25) is 0 Å². The van der Waals surface area contributed by atoms with Crippen molar-refractivity contribution in [3.05, 3.63) is 29.3 Å². The summed E-state index contributed by atoms with van der Waals surface area (Å²) in [6.45, 7) is 6.63. The quantitative estimate of drug-likeness (QED) is 0.797. The van der Waals surface area contributed by atoms with E-state index < -0.39 is 0 Å². The molecule has 0 bridgehead atoms. The molecular weight excluding hydrogens is 206 g/mol. The van der Waals surface area contributed by atoms with Gasteiger partial charge < -0.3 is 10.5 Å². The van der Waals surface area contributed by atoms with Crippen LogP contribution in [0.25, 0.3) is 0 Å². The Balaban J connectivity index is 2.85. The summed E-state index contributed by atoms with van der Waals surface area (Å²) >= 11 is 4.78. The SMILES string of the molecule is Cc1ccc(C(C)C)cc1OCC(N)=S. The lowest BCUT2D eigenvalue weighted by molar-refractivity contribution is 0.374. The third-order valence-corrected chi connectivity index (χ3v) is 2.37. The van der Waals surface area contributed by atoms with Crippen LogP contribution in [-0.4, -0.2) is 11.6 Å². The van der Waals surface area contributed by atoms with E-state index in [0.717, 1.165) is 11.3 Å². The molecule has 0 spiro atoms. The highest BCUT2D eigenvalue weighted by molar-refractivity contribution is 7.80. The maximum Gasteiger partial charge on any atom is 0.138 e. The number of benzene rings is 1. The average Bonchev–Trinajstić information content (AvgIpc) is 2.16. The van der Waals surface area contributed by atoms with Crippen LogP contribution in [0, 0.1) is 6.92 Å². The Morgan fingerprint density at radius 2 is 2.13 bits per heavy atom. The Labute approximate surface area is 96.4 Å². The molecule has 1 aromatic rings. The summed E-state index contributed by atoms with van der Waals surface area (Å²) in [6.07, 6.45) is 0. The zero-order valence-electron chi connectivity index (χ0n) is 9.41. The van der Waals surface area contributed by atoms with Crippen molar-refractivity contribution in [2.24, 2.45) is 5.73 Å². The highest BCUT2D eigenvalue weighted by atomic mass is 32.1. The van der Waals surface area contributed by atoms with Crippen LogP contribution in [0.3, 0.4) is 0 Å². The van der Waals surface area contributed by atoms with Crippen LogP contribution < -0.4 is 10.5 Å². The van der Waals surface area contributed by atoms with E-state index in [4.69, 9.17) is 22.7 Å². The largest absolute Gasteiger partial charge is 0.486 e. The lowest BCUT2D eigenvalue weighted by Gasteiger charge is -2.12. The van der Waals surface area contributed by atoms with Crippen LogP contribution in [0.5, 0.6) is 5.75 Å². The molecule has 2 nitrogen and oxygen atoms in total. The van der Waals surface area contributed by atoms with Gasteiger partial charge in [0, 0.05) is 0 Å². The van der Waals surface area contributed by atoms with Crippen LogP contribution in [0.4, 0.5) is 0 Å². The molecule has 0 unspecified atom stereocenters. The third kappa shape index (κ3) is 3.51. The smallest absolute Gasteiger partial charge is 0.138 e. The molecule has 2 N–H and O–H groups in total. The van der Waals surface area contributed by atoms with E-state index >= 15 is 0 Å². The summed E-state index contributed by atoms with van der Waals surface area (Å²) in [5.74, 6) is 1.37. The van der Waals surface area contributed by atoms with E-state index in [-0.39, 0.29) is 0 Å². The molecule has 0 radical (unpaired) electrons. The van der Waals surface area contributed by atoms with Crippen molar-refractivity contribution < 1.29 is 4.74 Å². The summed E-state index contributed by atoms with van der Waals surface area (Å²) in [5, 5.41) is 0. The first-order valence-corrected chi connectivity index (χ1v) is 5.43. The fraction of sp³-hybridized carbons (Fsp3) is 0.417.